The Bertz CT molecular complexity index is 862. The minimum absolute atomic E-state index is 0.0378. The molecular formula is C21H16Cl2F6. The molecule has 156 valence electrons. The predicted molar refractivity (Wildman–Crippen MR) is 105 cm³/mol. The fourth-order valence-electron chi connectivity index (χ4n) is 3.15. The summed E-state index contributed by atoms with van der Waals surface area (Å²) in [7, 11) is 0. The molecule has 0 bridgehead atoms. The second-order valence-electron chi connectivity index (χ2n) is 6.22. The Morgan fingerprint density at radius 3 is 1.28 bits per heavy atom. The van der Waals surface area contributed by atoms with Gasteiger partial charge in [0.15, 0.2) is 0 Å². The van der Waals surface area contributed by atoms with Crippen molar-refractivity contribution in [3.8, 4) is 0 Å². The van der Waals surface area contributed by atoms with Gasteiger partial charge in [-0.15, -0.1) is 0 Å². The van der Waals surface area contributed by atoms with Crippen LogP contribution >= 0.6 is 23.2 Å². The van der Waals surface area contributed by atoms with Gasteiger partial charge in [-0.1, -0.05) is 59.6 Å². The van der Waals surface area contributed by atoms with Crippen molar-refractivity contribution in [1.29, 1.82) is 0 Å². The summed E-state index contributed by atoms with van der Waals surface area (Å²) in [5, 5.41) is 0.0756. The van der Waals surface area contributed by atoms with E-state index in [9.17, 15) is 26.3 Å². The third kappa shape index (κ3) is 4.19. The molecular weight excluding hydrogens is 437 g/mol. The summed E-state index contributed by atoms with van der Waals surface area (Å²) in [6, 6.07) is 5.18. The average molecular weight is 453 g/mol. The van der Waals surface area contributed by atoms with E-state index in [0.29, 0.717) is 0 Å². The Labute approximate surface area is 174 Å². The number of allylic oxidation sites excluding steroid dienone is 2. The predicted octanol–water partition coefficient (Wildman–Crippen LogP) is 8.47. The maximum absolute atomic E-state index is 14.3. The largest absolute Gasteiger partial charge is 0.411 e. The summed E-state index contributed by atoms with van der Waals surface area (Å²) in [6.07, 6.45) is -5.74. The standard InChI is InChI=1S/C21H16Cl2F6/c1-3-5-13-11-15(7-9-17(13)22)19(20(24,25)26,21(27,28)29)16-8-10-18(23)14(12-16)6-4-2/h3-12H,1-2H3. The Morgan fingerprint density at radius 2 is 1.00 bits per heavy atom. The molecule has 0 amide bonds. The molecule has 0 aliphatic heterocycles. The maximum Gasteiger partial charge on any atom is 0.411 e. The number of alkyl halides is 6. The topological polar surface area (TPSA) is 0 Å². The molecule has 0 spiro atoms. The van der Waals surface area contributed by atoms with Gasteiger partial charge < -0.3 is 0 Å². The lowest BCUT2D eigenvalue weighted by Gasteiger charge is -2.38. The maximum atomic E-state index is 14.3. The van der Waals surface area contributed by atoms with Gasteiger partial charge in [-0.05, 0) is 60.4 Å². The molecule has 0 nitrogen and oxygen atoms in total. The normalized spacial score (nSPS) is 13.6. The summed E-state index contributed by atoms with van der Waals surface area (Å²) in [5.41, 5.74) is -6.13. The molecule has 0 saturated carbocycles. The highest BCUT2D eigenvalue weighted by Gasteiger charge is 2.72. The van der Waals surface area contributed by atoms with E-state index in [1.807, 2.05) is 0 Å². The van der Waals surface area contributed by atoms with Crippen molar-refractivity contribution in [3.05, 3.63) is 80.8 Å². The Balaban J connectivity index is 3.00. The molecule has 0 heterocycles. The van der Waals surface area contributed by atoms with E-state index in [1.165, 1.54) is 24.3 Å². The number of benzene rings is 2. The smallest absolute Gasteiger partial charge is 0.169 e. The third-order valence-corrected chi connectivity index (χ3v) is 5.09. The number of rotatable bonds is 4. The van der Waals surface area contributed by atoms with Crippen molar-refractivity contribution >= 4 is 35.4 Å². The molecule has 0 aromatic heterocycles. The van der Waals surface area contributed by atoms with Crippen LogP contribution in [0, 0.1) is 0 Å². The second kappa shape index (κ2) is 8.44. The Hall–Kier alpha value is -1.92. The van der Waals surface area contributed by atoms with Gasteiger partial charge >= 0.3 is 12.4 Å². The molecule has 0 fully saturated rings. The van der Waals surface area contributed by atoms with Crippen molar-refractivity contribution < 1.29 is 26.3 Å². The van der Waals surface area contributed by atoms with Gasteiger partial charge in [0, 0.05) is 10.0 Å². The van der Waals surface area contributed by atoms with Gasteiger partial charge in [-0.2, -0.15) is 26.3 Å². The van der Waals surface area contributed by atoms with Crippen molar-refractivity contribution in [2.45, 2.75) is 31.6 Å². The van der Waals surface area contributed by atoms with Gasteiger partial charge in [0.25, 0.3) is 0 Å². The van der Waals surface area contributed by atoms with Crippen LogP contribution in [-0.4, -0.2) is 12.4 Å². The van der Waals surface area contributed by atoms with Crippen LogP contribution in [0.25, 0.3) is 12.2 Å². The summed E-state index contributed by atoms with van der Waals surface area (Å²) >= 11 is 11.9. The van der Waals surface area contributed by atoms with Crippen LogP contribution in [0.3, 0.4) is 0 Å². The van der Waals surface area contributed by atoms with E-state index in [1.54, 1.807) is 13.8 Å². The van der Waals surface area contributed by atoms with Crippen LogP contribution in [0.15, 0.2) is 48.6 Å². The molecule has 0 atom stereocenters. The minimum atomic E-state index is -5.69. The van der Waals surface area contributed by atoms with Crippen LogP contribution < -0.4 is 0 Å². The molecule has 0 N–H and O–H groups in total. The number of hydrogen-bond donors (Lipinski definition) is 0. The molecule has 0 aliphatic rings. The van der Waals surface area contributed by atoms with Gasteiger partial charge in [0.05, 0.1) is 0 Å². The second-order valence-corrected chi connectivity index (χ2v) is 7.03. The molecule has 0 saturated heterocycles. The zero-order chi connectivity index (χ0) is 22.0. The van der Waals surface area contributed by atoms with Crippen molar-refractivity contribution in [2.75, 3.05) is 0 Å². The van der Waals surface area contributed by atoms with Gasteiger partial charge in [0.2, 0.25) is 5.41 Å². The summed E-state index contributed by atoms with van der Waals surface area (Å²) < 4.78 is 85.5. The first-order chi connectivity index (χ1) is 13.4. The Kier molecular flexibility index (Phi) is 6.80. The third-order valence-electron chi connectivity index (χ3n) is 4.40. The van der Waals surface area contributed by atoms with Crippen LogP contribution in [0.5, 0.6) is 0 Å². The zero-order valence-corrected chi connectivity index (χ0v) is 16.8. The lowest BCUT2D eigenvalue weighted by atomic mass is 9.72. The quantitative estimate of drug-likeness (QED) is 0.408. The lowest BCUT2D eigenvalue weighted by molar-refractivity contribution is -0.288. The van der Waals surface area contributed by atoms with E-state index >= 15 is 0 Å². The van der Waals surface area contributed by atoms with E-state index in [0.717, 1.165) is 36.4 Å². The molecule has 2 aromatic rings. The van der Waals surface area contributed by atoms with E-state index in [4.69, 9.17) is 23.2 Å². The van der Waals surface area contributed by atoms with Crippen LogP contribution in [0.1, 0.15) is 36.1 Å². The van der Waals surface area contributed by atoms with Crippen LogP contribution in [0.2, 0.25) is 10.0 Å². The van der Waals surface area contributed by atoms with Crippen molar-refractivity contribution in [3.63, 3.8) is 0 Å². The average Bonchev–Trinajstić information content (AvgIpc) is 2.59. The van der Waals surface area contributed by atoms with Crippen molar-refractivity contribution in [2.24, 2.45) is 0 Å². The molecule has 2 aromatic carbocycles. The molecule has 0 aliphatic carbocycles. The minimum Gasteiger partial charge on any atom is -0.169 e. The van der Waals surface area contributed by atoms with Crippen LogP contribution in [-0.2, 0) is 5.41 Å². The fraction of sp³-hybridized carbons (Fsp3) is 0.238. The first-order valence-electron chi connectivity index (χ1n) is 8.39. The molecule has 0 unspecified atom stereocenters. The van der Waals surface area contributed by atoms with Crippen molar-refractivity contribution in [1.82, 2.24) is 0 Å². The van der Waals surface area contributed by atoms with Crippen LogP contribution in [0.4, 0.5) is 26.3 Å². The van der Waals surface area contributed by atoms with E-state index in [-0.39, 0.29) is 21.2 Å². The summed E-state index contributed by atoms with van der Waals surface area (Å²) in [5.74, 6) is 0. The fourth-order valence-corrected chi connectivity index (χ4v) is 3.51. The molecule has 2 rings (SSSR count). The number of halogens is 8. The van der Waals surface area contributed by atoms with E-state index < -0.39 is 28.9 Å². The molecule has 0 radical (unpaired) electrons. The molecule has 8 heteroatoms. The van der Waals surface area contributed by atoms with Gasteiger partial charge in [-0.25, -0.2) is 0 Å². The lowest BCUT2D eigenvalue weighted by Crippen LogP contribution is -2.54. The number of hydrogen-bond acceptors (Lipinski definition) is 0. The Morgan fingerprint density at radius 1 is 0.655 bits per heavy atom. The SMILES string of the molecule is CC=Cc1cc(C(c2ccc(Cl)c(C=CC)c2)(C(F)(F)F)C(F)(F)F)ccc1Cl. The highest BCUT2D eigenvalue weighted by atomic mass is 35.5. The zero-order valence-electron chi connectivity index (χ0n) is 15.3. The first kappa shape index (κ1) is 23.4. The highest BCUT2D eigenvalue weighted by molar-refractivity contribution is 6.32. The summed E-state index contributed by atoms with van der Waals surface area (Å²) in [4.78, 5) is 0. The monoisotopic (exact) mass is 452 g/mol. The molecule has 29 heavy (non-hydrogen) atoms. The van der Waals surface area contributed by atoms with Gasteiger partial charge in [-0.3, -0.25) is 0 Å². The van der Waals surface area contributed by atoms with E-state index in [2.05, 4.69) is 0 Å². The summed E-state index contributed by atoms with van der Waals surface area (Å²) in [6.45, 7) is 3.15. The first-order valence-corrected chi connectivity index (χ1v) is 9.14. The van der Waals surface area contributed by atoms with Gasteiger partial charge in [0.1, 0.15) is 0 Å². The highest BCUT2D eigenvalue weighted by Crippen LogP contribution is 2.56.